The van der Waals surface area contributed by atoms with Gasteiger partial charge in [0.15, 0.2) is 10.8 Å². The summed E-state index contributed by atoms with van der Waals surface area (Å²) in [5, 5.41) is 13.8. The summed E-state index contributed by atoms with van der Waals surface area (Å²) in [6.07, 6.45) is 3.89. The Balaban J connectivity index is 1.95. The van der Waals surface area contributed by atoms with Gasteiger partial charge in [-0.15, -0.1) is 0 Å². The number of carboxylic acid groups (broad SMARTS) is 1. The van der Waals surface area contributed by atoms with Gasteiger partial charge < -0.3 is 9.84 Å². The second-order valence-electron chi connectivity index (χ2n) is 5.00. The molecule has 0 spiro atoms. The molecule has 0 aliphatic carbocycles. The second-order valence-corrected chi connectivity index (χ2v) is 5.38. The number of hydrogen-bond acceptors (Lipinski definition) is 4. The maximum Gasteiger partial charge on any atom is 0.411 e. The third-order valence-corrected chi connectivity index (χ3v) is 3.80. The van der Waals surface area contributed by atoms with Gasteiger partial charge in [-0.1, -0.05) is 11.6 Å². The van der Waals surface area contributed by atoms with Gasteiger partial charge in [-0.25, -0.2) is 14.3 Å². The molecule has 0 radical (unpaired) electrons. The number of hydrogen-bond donors (Lipinski definition) is 1. The molecule has 7 nitrogen and oxygen atoms in total. The summed E-state index contributed by atoms with van der Waals surface area (Å²) in [5.41, 5.74) is 0.938. The van der Waals surface area contributed by atoms with Crippen LogP contribution in [0.15, 0.2) is 18.5 Å². The van der Waals surface area contributed by atoms with Gasteiger partial charge in [0.2, 0.25) is 0 Å². The minimum Gasteiger partial charge on any atom is -0.465 e. The Kier molecular flexibility index (Phi) is 3.94. The summed E-state index contributed by atoms with van der Waals surface area (Å²) in [4.78, 5) is 17.1. The topological polar surface area (TPSA) is 80.0 Å². The summed E-state index contributed by atoms with van der Waals surface area (Å²) in [5.74, 6) is 0.275. The minimum atomic E-state index is -1.02. The first-order valence-electron chi connectivity index (χ1n) is 6.73. The van der Waals surface area contributed by atoms with Gasteiger partial charge in [0.05, 0.1) is 5.69 Å². The van der Waals surface area contributed by atoms with E-state index >= 15 is 0 Å². The SMILES string of the molecule is O=C(O)N(CC1CCOCC1)c1cc(Cl)nn2ccnc12. The first kappa shape index (κ1) is 14.1. The number of ether oxygens (including phenoxy) is 1. The van der Waals surface area contributed by atoms with E-state index in [0.717, 1.165) is 12.8 Å². The highest BCUT2D eigenvalue weighted by molar-refractivity contribution is 6.29. The zero-order chi connectivity index (χ0) is 14.8. The molecule has 1 saturated heterocycles. The van der Waals surface area contributed by atoms with Crippen molar-refractivity contribution in [3.05, 3.63) is 23.6 Å². The fourth-order valence-corrected chi connectivity index (χ4v) is 2.72. The van der Waals surface area contributed by atoms with E-state index in [1.54, 1.807) is 12.4 Å². The molecule has 0 aromatic carbocycles. The van der Waals surface area contributed by atoms with Gasteiger partial charge >= 0.3 is 6.09 Å². The smallest absolute Gasteiger partial charge is 0.411 e. The molecule has 1 fully saturated rings. The van der Waals surface area contributed by atoms with Crippen LogP contribution in [0.5, 0.6) is 0 Å². The molecule has 2 aromatic rings. The first-order valence-corrected chi connectivity index (χ1v) is 7.11. The van der Waals surface area contributed by atoms with Crippen molar-refractivity contribution < 1.29 is 14.6 Å². The lowest BCUT2D eigenvalue weighted by Gasteiger charge is -2.28. The Labute approximate surface area is 126 Å². The van der Waals surface area contributed by atoms with Crippen molar-refractivity contribution >= 4 is 29.0 Å². The lowest BCUT2D eigenvalue weighted by Crippen LogP contribution is -2.36. The average molecular weight is 311 g/mol. The number of amides is 1. The van der Waals surface area contributed by atoms with Crippen LogP contribution in [0.3, 0.4) is 0 Å². The van der Waals surface area contributed by atoms with Crippen molar-refractivity contribution in [2.45, 2.75) is 12.8 Å². The van der Waals surface area contributed by atoms with E-state index in [2.05, 4.69) is 10.1 Å². The maximum absolute atomic E-state index is 11.6. The number of imidazole rings is 1. The number of halogens is 1. The fourth-order valence-electron chi connectivity index (χ4n) is 2.54. The predicted octanol–water partition coefficient (Wildman–Crippen LogP) is 2.29. The molecule has 2 aromatic heterocycles. The number of aromatic nitrogens is 3. The van der Waals surface area contributed by atoms with Crippen molar-refractivity contribution in [3.8, 4) is 0 Å². The van der Waals surface area contributed by atoms with Crippen molar-refractivity contribution in [3.63, 3.8) is 0 Å². The van der Waals surface area contributed by atoms with Gasteiger partial charge in [-0.2, -0.15) is 5.10 Å². The third-order valence-electron chi connectivity index (χ3n) is 3.61. The lowest BCUT2D eigenvalue weighted by molar-refractivity contribution is 0.0680. The van der Waals surface area contributed by atoms with E-state index in [1.165, 1.54) is 15.5 Å². The van der Waals surface area contributed by atoms with Crippen LogP contribution in [0.2, 0.25) is 5.15 Å². The monoisotopic (exact) mass is 310 g/mol. The average Bonchev–Trinajstić information content (AvgIpc) is 2.93. The first-order chi connectivity index (χ1) is 10.1. The highest BCUT2D eigenvalue weighted by atomic mass is 35.5. The van der Waals surface area contributed by atoms with Gasteiger partial charge in [0.1, 0.15) is 0 Å². The van der Waals surface area contributed by atoms with Crippen LogP contribution in [0.4, 0.5) is 10.5 Å². The van der Waals surface area contributed by atoms with Crippen LogP contribution in [0, 0.1) is 5.92 Å². The van der Waals surface area contributed by atoms with Crippen molar-refractivity contribution in [1.82, 2.24) is 14.6 Å². The van der Waals surface area contributed by atoms with Crippen LogP contribution in [-0.2, 0) is 4.74 Å². The van der Waals surface area contributed by atoms with E-state index < -0.39 is 6.09 Å². The number of fused-ring (bicyclic) bond motifs is 1. The Morgan fingerprint density at radius 2 is 2.29 bits per heavy atom. The summed E-state index contributed by atoms with van der Waals surface area (Å²) < 4.78 is 6.79. The molecular formula is C13H15ClN4O3. The Morgan fingerprint density at radius 1 is 1.52 bits per heavy atom. The fraction of sp³-hybridized carbons (Fsp3) is 0.462. The largest absolute Gasteiger partial charge is 0.465 e. The van der Waals surface area contributed by atoms with Crippen LogP contribution >= 0.6 is 11.6 Å². The highest BCUT2D eigenvalue weighted by Gasteiger charge is 2.24. The van der Waals surface area contributed by atoms with Crippen molar-refractivity contribution in [2.75, 3.05) is 24.7 Å². The quantitative estimate of drug-likeness (QED) is 0.941. The van der Waals surface area contributed by atoms with Gasteiger partial charge in [-0.3, -0.25) is 4.90 Å². The van der Waals surface area contributed by atoms with Gasteiger partial charge in [0.25, 0.3) is 0 Å². The summed E-state index contributed by atoms with van der Waals surface area (Å²) in [6.45, 7) is 1.75. The number of rotatable bonds is 3. The van der Waals surface area contributed by atoms with Crippen molar-refractivity contribution in [2.24, 2.45) is 5.92 Å². The minimum absolute atomic E-state index is 0.230. The molecule has 0 unspecified atom stereocenters. The highest BCUT2D eigenvalue weighted by Crippen LogP contribution is 2.26. The van der Waals surface area contributed by atoms with E-state index in [1.807, 2.05) is 0 Å². The normalized spacial score (nSPS) is 16.2. The predicted molar refractivity (Wildman–Crippen MR) is 76.9 cm³/mol. The van der Waals surface area contributed by atoms with E-state index in [9.17, 15) is 9.90 Å². The molecule has 112 valence electrons. The molecule has 3 rings (SSSR count). The Bertz CT molecular complexity index is 654. The number of anilines is 1. The van der Waals surface area contributed by atoms with E-state index in [-0.39, 0.29) is 11.1 Å². The Morgan fingerprint density at radius 3 is 3.00 bits per heavy atom. The molecule has 1 amide bonds. The number of carbonyl (C=O) groups is 1. The zero-order valence-electron chi connectivity index (χ0n) is 11.3. The van der Waals surface area contributed by atoms with Crippen LogP contribution in [0.1, 0.15) is 12.8 Å². The van der Waals surface area contributed by atoms with Crippen molar-refractivity contribution in [1.29, 1.82) is 0 Å². The molecule has 3 heterocycles. The molecule has 1 aliphatic rings. The van der Waals surface area contributed by atoms with Gasteiger partial charge in [-0.05, 0) is 18.8 Å². The van der Waals surface area contributed by atoms with E-state index in [4.69, 9.17) is 16.3 Å². The molecule has 0 saturated carbocycles. The molecule has 8 heteroatoms. The second kappa shape index (κ2) is 5.87. The zero-order valence-corrected chi connectivity index (χ0v) is 12.0. The molecule has 1 aliphatic heterocycles. The van der Waals surface area contributed by atoms with Crippen LogP contribution < -0.4 is 4.90 Å². The van der Waals surface area contributed by atoms with Crippen LogP contribution in [0.25, 0.3) is 5.65 Å². The van der Waals surface area contributed by atoms with E-state index in [0.29, 0.717) is 31.1 Å². The maximum atomic E-state index is 11.6. The summed E-state index contributed by atoms with van der Waals surface area (Å²) in [7, 11) is 0. The number of nitrogens with zero attached hydrogens (tertiary/aromatic N) is 4. The third kappa shape index (κ3) is 2.93. The standard InChI is InChI=1S/C13H15ClN4O3/c14-11-7-10(12-15-3-4-18(12)16-11)17(13(19)20)8-9-1-5-21-6-2-9/h3-4,7,9H,1-2,5-6,8H2,(H,19,20). The molecule has 0 atom stereocenters. The molecule has 0 bridgehead atoms. The van der Waals surface area contributed by atoms with Crippen LogP contribution in [-0.4, -0.2) is 45.6 Å². The lowest BCUT2D eigenvalue weighted by atomic mass is 10.00. The van der Waals surface area contributed by atoms with Gasteiger partial charge in [0, 0.05) is 38.2 Å². The molecule has 1 N–H and O–H groups in total. The summed E-state index contributed by atoms with van der Waals surface area (Å²) >= 11 is 5.97. The molecule has 21 heavy (non-hydrogen) atoms. The molecular weight excluding hydrogens is 296 g/mol. The Hall–Kier alpha value is -1.86. The summed E-state index contributed by atoms with van der Waals surface area (Å²) in [6, 6.07) is 1.54.